The summed E-state index contributed by atoms with van der Waals surface area (Å²) in [7, 11) is 0. The molecule has 3 aromatic carbocycles. The Morgan fingerprint density at radius 3 is 2.37 bits per heavy atom. The third-order valence-corrected chi connectivity index (χ3v) is 13.7. The Hall–Kier alpha value is -5.71. The maximum absolute atomic E-state index is 6.30. The molecule has 3 aliphatic rings. The molecular weight excluding hydrogens is 806 g/mol. The van der Waals surface area contributed by atoms with Gasteiger partial charge in [-0.1, -0.05) is 100 Å². The third kappa shape index (κ3) is 9.52. The van der Waals surface area contributed by atoms with Crippen LogP contribution in [-0.4, -0.2) is 44.3 Å². The highest BCUT2D eigenvalue weighted by Crippen LogP contribution is 2.40. The molecule has 9 nitrogen and oxygen atoms in total. The Morgan fingerprint density at radius 1 is 0.887 bits per heavy atom. The van der Waals surface area contributed by atoms with Gasteiger partial charge in [0.15, 0.2) is 5.82 Å². The molecule has 0 spiro atoms. The topological polar surface area (TPSA) is 94.8 Å². The number of allylic oxidation sites excluding steroid dienone is 1. The first-order valence-corrected chi connectivity index (χ1v) is 23.2. The lowest BCUT2D eigenvalue weighted by molar-refractivity contribution is 0.303. The number of thiophene rings is 1. The average Bonchev–Trinajstić information content (AvgIpc) is 3.74. The fourth-order valence-corrected chi connectivity index (χ4v) is 10.0. The van der Waals surface area contributed by atoms with Gasteiger partial charge in [-0.3, -0.25) is 14.6 Å². The van der Waals surface area contributed by atoms with Crippen LogP contribution in [0.3, 0.4) is 0 Å². The van der Waals surface area contributed by atoms with E-state index in [1.54, 1.807) is 11.3 Å². The number of nitrogens with one attached hydrogen (secondary N) is 3. The number of halogens is 1. The predicted molar refractivity (Wildman–Crippen MR) is 261 cm³/mol. The molecule has 5 aromatic rings. The number of nitrogens with zero attached hydrogens (tertiary/aromatic N) is 6. The molecular formula is C51H58ClN9S. The number of aryl methyl sites for hydroxylation is 3. The maximum Gasteiger partial charge on any atom is 0.163 e. The van der Waals surface area contributed by atoms with Crippen LogP contribution >= 0.6 is 22.9 Å². The summed E-state index contributed by atoms with van der Waals surface area (Å²) in [4.78, 5) is 6.65. The number of aliphatic imine (C=N–C) groups is 1. The van der Waals surface area contributed by atoms with E-state index in [4.69, 9.17) is 21.7 Å². The molecule has 0 radical (unpaired) electrons. The van der Waals surface area contributed by atoms with Crippen molar-refractivity contribution in [3.63, 3.8) is 0 Å². The number of piperidine rings is 1. The van der Waals surface area contributed by atoms with Crippen LogP contribution in [0.25, 0.3) is 10.7 Å². The van der Waals surface area contributed by atoms with Crippen molar-refractivity contribution >= 4 is 51.9 Å². The molecule has 2 aromatic heterocycles. The molecule has 3 N–H and O–H groups in total. The van der Waals surface area contributed by atoms with Gasteiger partial charge in [-0.15, -0.1) is 21.5 Å². The molecule has 8 rings (SSSR count). The second-order valence-electron chi connectivity index (χ2n) is 16.8. The number of hydrogen-bond donors (Lipinski definition) is 3. The molecule has 0 bridgehead atoms. The Morgan fingerprint density at radius 2 is 1.61 bits per heavy atom. The van der Waals surface area contributed by atoms with Gasteiger partial charge >= 0.3 is 0 Å². The zero-order chi connectivity index (χ0) is 43.3. The number of rotatable bonds is 17. The quantitative estimate of drug-likeness (QED) is 0.0806. The van der Waals surface area contributed by atoms with Gasteiger partial charge in [0.05, 0.1) is 23.7 Å². The lowest BCUT2D eigenvalue weighted by Crippen LogP contribution is -2.40. The summed E-state index contributed by atoms with van der Waals surface area (Å²) in [6.45, 7) is 24.4. The van der Waals surface area contributed by atoms with Crippen molar-refractivity contribution in [1.29, 1.82) is 0 Å². The molecule has 0 saturated carbocycles. The highest BCUT2D eigenvalue weighted by Gasteiger charge is 2.32. The molecule has 1 saturated heterocycles. The summed E-state index contributed by atoms with van der Waals surface area (Å²) in [5, 5.41) is 28.2. The Kier molecular flexibility index (Phi) is 13.3. The van der Waals surface area contributed by atoms with Crippen molar-refractivity contribution in [1.82, 2.24) is 25.1 Å². The lowest BCUT2D eigenvalue weighted by atomic mass is 9.98. The van der Waals surface area contributed by atoms with Crippen molar-refractivity contribution in [2.45, 2.75) is 103 Å². The van der Waals surface area contributed by atoms with Crippen molar-refractivity contribution in [3.05, 3.63) is 165 Å². The Balaban J connectivity index is 0.753. The van der Waals surface area contributed by atoms with E-state index in [1.807, 2.05) is 30.3 Å². The third-order valence-electron chi connectivity index (χ3n) is 12.3. The van der Waals surface area contributed by atoms with E-state index in [0.29, 0.717) is 11.4 Å². The van der Waals surface area contributed by atoms with Crippen molar-refractivity contribution in [2.24, 2.45) is 10.1 Å². The van der Waals surface area contributed by atoms with Gasteiger partial charge in [-0.05, 0) is 100 Å². The largest absolute Gasteiger partial charge is 0.385 e. The number of anilines is 2. The summed E-state index contributed by atoms with van der Waals surface area (Å²) < 4.78 is 2.18. The maximum atomic E-state index is 6.30. The highest BCUT2D eigenvalue weighted by molar-refractivity contribution is 7.15. The SMILES string of the molecule is C=C1CCC(N2N=Cc3ccc(NCCCCCCCCCc4ccc(NC(=C)CC5N=C(c6ccc(Cl)cc6)c6c(sc(C)c6C)-n6c(C)nnc65)cc4)cc3C2=C)C(=C)N1. The van der Waals surface area contributed by atoms with Gasteiger partial charge in [0.1, 0.15) is 16.9 Å². The van der Waals surface area contributed by atoms with Crippen LogP contribution < -0.4 is 16.0 Å². The van der Waals surface area contributed by atoms with Crippen LogP contribution in [0.5, 0.6) is 0 Å². The summed E-state index contributed by atoms with van der Waals surface area (Å²) in [6, 6.07) is 23.0. The van der Waals surface area contributed by atoms with E-state index in [-0.39, 0.29) is 12.1 Å². The Bertz CT molecular complexity index is 2540. The standard InChI is InChI=1S/C51H58ClN9S/c1-32-16-27-47(35(4)55-32)61-36(5)45-30-44(26-21-41(45)31-54-61)53-28-14-12-10-8-9-11-13-15-39-17-24-43(25-18-39)56-33(2)29-46-50-59-58-38(7)60(50)51-48(34(3)37(6)62-51)49(57-46)40-19-22-42(52)23-20-40/h17-26,30-31,46-47,53,55-56H,1-2,4-5,8-16,27-29H2,3,6-7H3. The molecule has 0 aliphatic carbocycles. The van der Waals surface area contributed by atoms with Crippen LogP contribution in [0, 0.1) is 20.8 Å². The molecule has 0 amide bonds. The Labute approximate surface area is 376 Å². The van der Waals surface area contributed by atoms with Gasteiger partial charge in [-0.2, -0.15) is 5.10 Å². The smallest absolute Gasteiger partial charge is 0.163 e. The first-order chi connectivity index (χ1) is 30.0. The molecule has 11 heteroatoms. The number of hydrogen-bond acceptors (Lipinski definition) is 9. The van der Waals surface area contributed by atoms with Gasteiger partial charge in [0, 0.05) is 73.6 Å². The molecule has 1 fully saturated rings. The first-order valence-electron chi connectivity index (χ1n) is 22.0. The summed E-state index contributed by atoms with van der Waals surface area (Å²) in [5.74, 6) is 1.68. The van der Waals surface area contributed by atoms with Crippen molar-refractivity contribution in [2.75, 3.05) is 17.2 Å². The minimum absolute atomic E-state index is 0.0764. The van der Waals surface area contributed by atoms with Gasteiger partial charge in [0.25, 0.3) is 0 Å². The van der Waals surface area contributed by atoms with E-state index in [2.05, 4.69) is 125 Å². The zero-order valence-corrected chi connectivity index (χ0v) is 37.9. The zero-order valence-electron chi connectivity index (χ0n) is 36.4. The summed E-state index contributed by atoms with van der Waals surface area (Å²) in [6.07, 6.45) is 14.1. The average molecular weight is 865 g/mol. The molecule has 5 heterocycles. The molecule has 2 atom stereocenters. The minimum Gasteiger partial charge on any atom is -0.385 e. The molecule has 320 valence electrons. The van der Waals surface area contributed by atoms with E-state index >= 15 is 0 Å². The van der Waals surface area contributed by atoms with Gasteiger partial charge in [-0.25, -0.2) is 0 Å². The summed E-state index contributed by atoms with van der Waals surface area (Å²) >= 11 is 8.06. The molecule has 3 aliphatic heterocycles. The fourth-order valence-electron chi connectivity index (χ4n) is 8.69. The fraction of sp³-hybridized carbons (Fsp3) is 0.333. The predicted octanol–water partition coefficient (Wildman–Crippen LogP) is 12.6. The van der Waals surface area contributed by atoms with Crippen molar-refractivity contribution in [3.8, 4) is 5.00 Å². The van der Waals surface area contributed by atoms with Gasteiger partial charge < -0.3 is 16.0 Å². The molecule has 2 unspecified atom stereocenters. The highest BCUT2D eigenvalue weighted by atomic mass is 35.5. The van der Waals surface area contributed by atoms with Crippen LogP contribution in [0.2, 0.25) is 5.02 Å². The number of unbranched alkanes of at least 4 members (excludes halogenated alkanes) is 6. The van der Waals surface area contributed by atoms with Gasteiger partial charge in [0.2, 0.25) is 0 Å². The number of benzene rings is 3. The normalized spacial score (nSPS) is 16.9. The van der Waals surface area contributed by atoms with Crippen LogP contribution in [0.1, 0.15) is 120 Å². The second kappa shape index (κ2) is 19.1. The summed E-state index contributed by atoms with van der Waals surface area (Å²) in [5.41, 5.74) is 13.8. The minimum atomic E-state index is -0.269. The number of fused-ring (bicyclic) bond motifs is 4. The van der Waals surface area contributed by atoms with E-state index in [1.165, 1.54) is 54.5 Å². The number of aromatic nitrogens is 3. The molecule has 62 heavy (non-hydrogen) atoms. The van der Waals surface area contributed by atoms with E-state index in [9.17, 15) is 0 Å². The first kappa shape index (κ1) is 43.0. The van der Waals surface area contributed by atoms with Crippen LogP contribution in [0.4, 0.5) is 11.4 Å². The van der Waals surface area contributed by atoms with Crippen LogP contribution in [0.15, 0.2) is 120 Å². The number of hydrazone groups is 1. The lowest BCUT2D eigenvalue weighted by Gasteiger charge is -2.38. The monoisotopic (exact) mass is 863 g/mol. The van der Waals surface area contributed by atoms with E-state index in [0.717, 1.165) is 111 Å². The van der Waals surface area contributed by atoms with E-state index < -0.39 is 0 Å². The van der Waals surface area contributed by atoms with Crippen LogP contribution in [-0.2, 0) is 6.42 Å². The van der Waals surface area contributed by atoms with Crippen molar-refractivity contribution < 1.29 is 0 Å². The second-order valence-corrected chi connectivity index (χ2v) is 18.5.